The van der Waals surface area contributed by atoms with Gasteiger partial charge in [0.15, 0.2) is 5.82 Å². The Labute approximate surface area is 99.7 Å². The zero-order valence-electron chi connectivity index (χ0n) is 9.88. The van der Waals surface area contributed by atoms with Gasteiger partial charge in [-0.2, -0.15) is 5.10 Å². The Kier molecular flexibility index (Phi) is 2.18. The van der Waals surface area contributed by atoms with Crippen molar-refractivity contribution in [1.82, 2.24) is 10.2 Å². The van der Waals surface area contributed by atoms with Gasteiger partial charge < -0.3 is 4.90 Å². The van der Waals surface area contributed by atoms with Gasteiger partial charge in [-0.3, -0.25) is 0 Å². The first-order valence-corrected chi connectivity index (χ1v) is 5.57. The van der Waals surface area contributed by atoms with Crippen molar-refractivity contribution < 1.29 is 0 Å². The van der Waals surface area contributed by atoms with Crippen LogP contribution in [0.15, 0.2) is 42.6 Å². The van der Waals surface area contributed by atoms with Crippen LogP contribution in [0.5, 0.6) is 0 Å². The first-order valence-electron chi connectivity index (χ1n) is 5.57. The van der Waals surface area contributed by atoms with Gasteiger partial charge in [0, 0.05) is 24.9 Å². The second kappa shape index (κ2) is 3.70. The van der Waals surface area contributed by atoms with Crippen molar-refractivity contribution in [3.63, 3.8) is 0 Å². The highest BCUT2D eigenvalue weighted by atomic mass is 15.2. The summed E-state index contributed by atoms with van der Waals surface area (Å²) in [6, 6.07) is 12.7. The summed E-state index contributed by atoms with van der Waals surface area (Å²) < 4.78 is 0. The molecule has 0 aliphatic rings. The number of aromatic nitrogens is 2. The molecule has 3 nitrogen and oxygen atoms in total. The molecule has 0 aliphatic carbocycles. The highest BCUT2D eigenvalue weighted by molar-refractivity contribution is 6.02. The van der Waals surface area contributed by atoms with Crippen molar-refractivity contribution in [2.45, 2.75) is 0 Å². The predicted molar refractivity (Wildman–Crippen MR) is 71.4 cm³/mol. The van der Waals surface area contributed by atoms with Crippen molar-refractivity contribution in [3.05, 3.63) is 42.6 Å². The Morgan fingerprint density at radius 2 is 1.65 bits per heavy atom. The van der Waals surface area contributed by atoms with E-state index in [0.717, 1.165) is 16.6 Å². The molecular weight excluding hydrogens is 210 g/mol. The molecule has 0 amide bonds. The maximum atomic E-state index is 4.19. The van der Waals surface area contributed by atoms with Crippen LogP contribution in [0.1, 0.15) is 0 Å². The van der Waals surface area contributed by atoms with Crippen molar-refractivity contribution >= 4 is 27.4 Å². The van der Waals surface area contributed by atoms with Crippen LogP contribution < -0.4 is 4.90 Å². The lowest BCUT2D eigenvalue weighted by atomic mass is 10.1. The maximum Gasteiger partial charge on any atom is 0.158 e. The minimum Gasteiger partial charge on any atom is -0.361 e. The van der Waals surface area contributed by atoms with Crippen LogP contribution >= 0.6 is 0 Å². The van der Waals surface area contributed by atoms with E-state index in [-0.39, 0.29) is 0 Å². The zero-order valence-corrected chi connectivity index (χ0v) is 9.88. The van der Waals surface area contributed by atoms with Crippen LogP contribution in [0.3, 0.4) is 0 Å². The summed E-state index contributed by atoms with van der Waals surface area (Å²) in [6.45, 7) is 0. The molecule has 0 saturated heterocycles. The molecule has 0 unspecified atom stereocenters. The molecule has 1 aromatic heterocycles. The number of hydrogen-bond acceptors (Lipinski definition) is 3. The minimum absolute atomic E-state index is 0.910. The van der Waals surface area contributed by atoms with E-state index in [1.807, 2.05) is 25.2 Å². The van der Waals surface area contributed by atoms with Crippen molar-refractivity contribution in [2.24, 2.45) is 0 Å². The van der Waals surface area contributed by atoms with E-state index in [0.29, 0.717) is 0 Å². The van der Waals surface area contributed by atoms with Gasteiger partial charge in [0.1, 0.15) is 0 Å². The Balaban J connectivity index is 2.43. The van der Waals surface area contributed by atoms with E-state index >= 15 is 0 Å². The monoisotopic (exact) mass is 223 g/mol. The van der Waals surface area contributed by atoms with Gasteiger partial charge in [-0.25, -0.2) is 0 Å². The van der Waals surface area contributed by atoms with E-state index in [1.54, 1.807) is 0 Å². The fourth-order valence-electron chi connectivity index (χ4n) is 2.09. The molecule has 0 aliphatic heterocycles. The average molecular weight is 223 g/mol. The summed E-state index contributed by atoms with van der Waals surface area (Å²) >= 11 is 0. The Morgan fingerprint density at radius 1 is 0.941 bits per heavy atom. The smallest absolute Gasteiger partial charge is 0.158 e. The lowest BCUT2D eigenvalue weighted by molar-refractivity contribution is 0.981. The number of benzene rings is 2. The van der Waals surface area contributed by atoms with Gasteiger partial charge in [-0.1, -0.05) is 24.3 Å². The third-order valence-corrected chi connectivity index (χ3v) is 2.93. The fraction of sp³-hybridized carbons (Fsp3) is 0.143. The summed E-state index contributed by atoms with van der Waals surface area (Å²) in [6.07, 6.45) is 1.81. The molecule has 0 radical (unpaired) electrons. The second-order valence-electron chi connectivity index (χ2n) is 4.35. The van der Waals surface area contributed by atoms with Crippen LogP contribution in [-0.4, -0.2) is 24.3 Å². The number of anilines is 1. The van der Waals surface area contributed by atoms with Crippen LogP contribution in [0.4, 0.5) is 5.82 Å². The number of hydrogen-bond donors (Lipinski definition) is 0. The molecule has 3 aromatic rings. The standard InChI is InChI=1S/C14H13N3/c1-17(2)14-13-8-11-6-4-3-5-10(11)7-12(13)9-15-16-14/h3-9H,1-2H3. The highest BCUT2D eigenvalue weighted by Gasteiger charge is 2.06. The zero-order chi connectivity index (χ0) is 11.8. The normalized spacial score (nSPS) is 10.9. The summed E-state index contributed by atoms with van der Waals surface area (Å²) in [5, 5.41) is 13.0. The molecule has 0 spiro atoms. The molecule has 17 heavy (non-hydrogen) atoms. The van der Waals surface area contributed by atoms with Gasteiger partial charge in [0.05, 0.1) is 6.20 Å². The molecule has 0 bridgehead atoms. The number of rotatable bonds is 1. The second-order valence-corrected chi connectivity index (χ2v) is 4.35. The highest BCUT2D eigenvalue weighted by Crippen LogP contribution is 2.27. The van der Waals surface area contributed by atoms with E-state index in [1.165, 1.54) is 10.8 Å². The Bertz CT molecular complexity index is 689. The molecule has 2 aromatic carbocycles. The Hall–Kier alpha value is -2.16. The summed E-state index contributed by atoms with van der Waals surface area (Å²) in [5.74, 6) is 0.910. The number of fused-ring (bicyclic) bond motifs is 2. The van der Waals surface area contributed by atoms with Gasteiger partial charge in [-0.15, -0.1) is 5.10 Å². The average Bonchev–Trinajstić information content (AvgIpc) is 2.35. The van der Waals surface area contributed by atoms with Gasteiger partial charge in [0.2, 0.25) is 0 Å². The lowest BCUT2D eigenvalue weighted by Gasteiger charge is -2.13. The SMILES string of the molecule is CN(C)c1nncc2cc3ccccc3cc12. The molecule has 0 atom stereocenters. The van der Waals surface area contributed by atoms with Crippen molar-refractivity contribution in [2.75, 3.05) is 19.0 Å². The quantitative estimate of drug-likeness (QED) is 0.594. The number of nitrogens with zero attached hydrogens (tertiary/aromatic N) is 3. The Morgan fingerprint density at radius 3 is 2.35 bits per heavy atom. The lowest BCUT2D eigenvalue weighted by Crippen LogP contribution is -2.11. The van der Waals surface area contributed by atoms with Gasteiger partial charge in [0.25, 0.3) is 0 Å². The first kappa shape index (κ1) is 10.0. The molecule has 84 valence electrons. The third kappa shape index (κ3) is 1.60. The van der Waals surface area contributed by atoms with Crippen molar-refractivity contribution in [3.8, 4) is 0 Å². The third-order valence-electron chi connectivity index (χ3n) is 2.93. The molecule has 3 rings (SSSR count). The minimum atomic E-state index is 0.910. The largest absolute Gasteiger partial charge is 0.361 e. The predicted octanol–water partition coefficient (Wildman–Crippen LogP) is 2.85. The van der Waals surface area contributed by atoms with E-state index in [9.17, 15) is 0 Å². The molecule has 0 fully saturated rings. The van der Waals surface area contributed by atoms with Crippen molar-refractivity contribution in [1.29, 1.82) is 0 Å². The topological polar surface area (TPSA) is 29.0 Å². The van der Waals surface area contributed by atoms with E-state index < -0.39 is 0 Å². The van der Waals surface area contributed by atoms with Crippen LogP contribution in [0.2, 0.25) is 0 Å². The van der Waals surface area contributed by atoms with Crippen LogP contribution in [-0.2, 0) is 0 Å². The van der Waals surface area contributed by atoms with Gasteiger partial charge >= 0.3 is 0 Å². The van der Waals surface area contributed by atoms with Crippen LogP contribution in [0, 0.1) is 0 Å². The summed E-state index contributed by atoms with van der Waals surface area (Å²) in [5.41, 5.74) is 0. The van der Waals surface area contributed by atoms with Gasteiger partial charge in [-0.05, 0) is 22.9 Å². The fourth-order valence-corrected chi connectivity index (χ4v) is 2.09. The van der Waals surface area contributed by atoms with Crippen LogP contribution in [0.25, 0.3) is 21.5 Å². The maximum absolute atomic E-state index is 4.19. The molecule has 0 N–H and O–H groups in total. The molecule has 3 heteroatoms. The summed E-state index contributed by atoms with van der Waals surface area (Å²) in [7, 11) is 3.97. The molecule has 0 saturated carbocycles. The first-order chi connectivity index (χ1) is 8.25. The molecule has 1 heterocycles. The summed E-state index contributed by atoms with van der Waals surface area (Å²) in [4.78, 5) is 1.99. The van der Waals surface area contributed by atoms with E-state index in [2.05, 4.69) is 46.6 Å². The molecular formula is C14H13N3. The van der Waals surface area contributed by atoms with E-state index in [4.69, 9.17) is 0 Å².